The Morgan fingerprint density at radius 2 is 1.97 bits per heavy atom. The zero-order valence-corrected chi connectivity index (χ0v) is 17.3. The number of aryl methyl sites for hydroxylation is 1. The Labute approximate surface area is 178 Å². The van der Waals surface area contributed by atoms with Gasteiger partial charge in [-0.3, -0.25) is 19.1 Å². The molecule has 0 aliphatic carbocycles. The van der Waals surface area contributed by atoms with Crippen LogP contribution in [0.2, 0.25) is 5.02 Å². The molecule has 1 N–H and O–H groups in total. The Morgan fingerprint density at radius 1 is 1.17 bits per heavy atom. The molecule has 1 fully saturated rings. The highest BCUT2D eigenvalue weighted by Crippen LogP contribution is 2.25. The van der Waals surface area contributed by atoms with Gasteiger partial charge in [-0.1, -0.05) is 17.7 Å². The van der Waals surface area contributed by atoms with Gasteiger partial charge in [0.25, 0.3) is 5.56 Å². The lowest BCUT2D eigenvalue weighted by atomic mass is 9.91. The van der Waals surface area contributed by atoms with E-state index in [1.165, 1.54) is 10.9 Å². The van der Waals surface area contributed by atoms with E-state index in [9.17, 15) is 14.7 Å². The van der Waals surface area contributed by atoms with E-state index in [1.807, 2.05) is 18.2 Å². The van der Waals surface area contributed by atoms with Crippen LogP contribution in [0.3, 0.4) is 0 Å². The molecule has 0 radical (unpaired) electrons. The van der Waals surface area contributed by atoms with Crippen LogP contribution >= 0.6 is 11.6 Å². The standard InChI is InChI=1S/C22H23ClN4O3/c23-16-4-6-18-19(13-16)25-15-27(21(18)29)14-22(30)8-11-26(12-9-22)20(28)7-5-17-3-1-2-10-24-17/h1-4,6,10,13,15,30H,5,7-9,11-12,14H2. The van der Waals surface area contributed by atoms with Crippen LogP contribution in [0, 0.1) is 0 Å². The van der Waals surface area contributed by atoms with Crippen molar-refractivity contribution < 1.29 is 9.90 Å². The number of halogens is 1. The Kier molecular flexibility index (Phi) is 5.83. The number of aliphatic hydroxyl groups is 1. The number of fused-ring (bicyclic) bond motifs is 1. The molecule has 7 nitrogen and oxygen atoms in total. The fraction of sp³-hybridized carbons (Fsp3) is 0.364. The number of aromatic nitrogens is 3. The zero-order valence-electron chi connectivity index (χ0n) is 16.5. The number of piperidine rings is 1. The average Bonchev–Trinajstić information content (AvgIpc) is 2.75. The lowest BCUT2D eigenvalue weighted by Crippen LogP contribution is -2.49. The molecule has 1 saturated heterocycles. The number of rotatable bonds is 5. The first-order valence-corrected chi connectivity index (χ1v) is 10.4. The molecule has 0 spiro atoms. The highest BCUT2D eigenvalue weighted by molar-refractivity contribution is 6.31. The summed E-state index contributed by atoms with van der Waals surface area (Å²) in [6, 6.07) is 10.6. The van der Waals surface area contributed by atoms with Gasteiger partial charge in [0.05, 0.1) is 29.4 Å². The number of benzene rings is 1. The van der Waals surface area contributed by atoms with Crippen LogP contribution in [0.1, 0.15) is 25.0 Å². The summed E-state index contributed by atoms with van der Waals surface area (Å²) >= 11 is 5.96. The van der Waals surface area contributed by atoms with Crippen molar-refractivity contribution in [1.82, 2.24) is 19.4 Å². The van der Waals surface area contributed by atoms with E-state index in [0.29, 0.717) is 54.7 Å². The minimum atomic E-state index is -1.05. The monoisotopic (exact) mass is 426 g/mol. The van der Waals surface area contributed by atoms with E-state index in [1.54, 1.807) is 29.3 Å². The summed E-state index contributed by atoms with van der Waals surface area (Å²) in [4.78, 5) is 35.6. The number of hydrogen-bond donors (Lipinski definition) is 1. The fourth-order valence-electron chi connectivity index (χ4n) is 3.83. The van der Waals surface area contributed by atoms with E-state index in [4.69, 9.17) is 11.6 Å². The Bertz CT molecular complexity index is 1110. The molecule has 3 aromatic rings. The molecule has 1 aromatic carbocycles. The van der Waals surface area contributed by atoms with Crippen molar-refractivity contribution in [3.63, 3.8) is 0 Å². The van der Waals surface area contributed by atoms with Crippen molar-refractivity contribution in [3.8, 4) is 0 Å². The molecule has 30 heavy (non-hydrogen) atoms. The first kappa shape index (κ1) is 20.5. The summed E-state index contributed by atoms with van der Waals surface area (Å²) in [6.45, 7) is 1.07. The third-order valence-electron chi connectivity index (χ3n) is 5.62. The zero-order chi connectivity index (χ0) is 21.1. The van der Waals surface area contributed by atoms with Gasteiger partial charge < -0.3 is 10.0 Å². The molecule has 4 rings (SSSR count). The second-order valence-corrected chi connectivity index (χ2v) is 8.20. The fourth-order valence-corrected chi connectivity index (χ4v) is 4.00. The van der Waals surface area contributed by atoms with Gasteiger partial charge in [-0.25, -0.2) is 4.98 Å². The second kappa shape index (κ2) is 8.53. The van der Waals surface area contributed by atoms with Crippen LogP contribution in [0.25, 0.3) is 10.9 Å². The minimum Gasteiger partial charge on any atom is -0.388 e. The Hall–Kier alpha value is -2.77. The first-order chi connectivity index (χ1) is 14.4. The maximum Gasteiger partial charge on any atom is 0.261 e. The number of carbonyl (C=O) groups excluding carboxylic acids is 1. The van der Waals surface area contributed by atoms with Crippen LogP contribution in [0.4, 0.5) is 0 Å². The molecule has 0 unspecified atom stereocenters. The molecule has 3 heterocycles. The second-order valence-electron chi connectivity index (χ2n) is 7.77. The van der Waals surface area contributed by atoms with Crippen molar-refractivity contribution in [2.24, 2.45) is 0 Å². The quantitative estimate of drug-likeness (QED) is 0.677. The lowest BCUT2D eigenvalue weighted by molar-refractivity contribution is -0.135. The molecule has 0 atom stereocenters. The van der Waals surface area contributed by atoms with Crippen LogP contribution in [-0.2, 0) is 17.8 Å². The van der Waals surface area contributed by atoms with Gasteiger partial charge in [-0.2, -0.15) is 0 Å². The Morgan fingerprint density at radius 3 is 2.70 bits per heavy atom. The summed E-state index contributed by atoms with van der Waals surface area (Å²) in [7, 11) is 0. The molecule has 1 aliphatic rings. The summed E-state index contributed by atoms with van der Waals surface area (Å²) in [5, 5.41) is 12.0. The summed E-state index contributed by atoms with van der Waals surface area (Å²) in [5.41, 5.74) is 0.162. The summed E-state index contributed by atoms with van der Waals surface area (Å²) < 4.78 is 1.44. The third-order valence-corrected chi connectivity index (χ3v) is 5.86. The highest BCUT2D eigenvalue weighted by atomic mass is 35.5. The number of amides is 1. The van der Waals surface area contributed by atoms with Crippen LogP contribution < -0.4 is 5.56 Å². The molecule has 156 valence electrons. The minimum absolute atomic E-state index is 0.0594. The van der Waals surface area contributed by atoms with Gasteiger partial charge >= 0.3 is 0 Å². The summed E-state index contributed by atoms with van der Waals surface area (Å²) in [5.74, 6) is 0.0594. The maximum absolute atomic E-state index is 12.7. The molecule has 1 amide bonds. The lowest BCUT2D eigenvalue weighted by Gasteiger charge is -2.38. The van der Waals surface area contributed by atoms with Gasteiger partial charge in [0, 0.05) is 36.4 Å². The first-order valence-electron chi connectivity index (χ1n) is 9.98. The van der Waals surface area contributed by atoms with Crippen LogP contribution in [0.5, 0.6) is 0 Å². The molecule has 2 aromatic heterocycles. The van der Waals surface area contributed by atoms with E-state index < -0.39 is 5.60 Å². The maximum atomic E-state index is 12.7. The average molecular weight is 427 g/mol. The number of likely N-dealkylation sites (tertiary alicyclic amines) is 1. The number of nitrogens with zero attached hydrogens (tertiary/aromatic N) is 4. The van der Waals surface area contributed by atoms with Crippen molar-refractivity contribution in [3.05, 3.63) is 70.0 Å². The van der Waals surface area contributed by atoms with Gasteiger partial charge in [0.2, 0.25) is 5.91 Å². The van der Waals surface area contributed by atoms with Crippen LogP contribution in [-0.4, -0.2) is 49.1 Å². The summed E-state index contributed by atoms with van der Waals surface area (Å²) in [6.07, 6.45) is 4.98. The molecular formula is C22H23ClN4O3. The topological polar surface area (TPSA) is 88.3 Å². The molecule has 1 aliphatic heterocycles. The molecule has 0 bridgehead atoms. The van der Waals surface area contributed by atoms with Gasteiger partial charge in [-0.05, 0) is 49.6 Å². The van der Waals surface area contributed by atoms with Gasteiger partial charge in [-0.15, -0.1) is 0 Å². The van der Waals surface area contributed by atoms with Crippen molar-refractivity contribution >= 4 is 28.4 Å². The largest absolute Gasteiger partial charge is 0.388 e. The van der Waals surface area contributed by atoms with Crippen LogP contribution in [0.15, 0.2) is 53.7 Å². The number of pyridine rings is 1. The van der Waals surface area contributed by atoms with Crippen molar-refractivity contribution in [2.45, 2.75) is 37.8 Å². The van der Waals surface area contributed by atoms with E-state index in [-0.39, 0.29) is 18.0 Å². The molecule has 0 saturated carbocycles. The van der Waals surface area contributed by atoms with Crippen molar-refractivity contribution in [1.29, 1.82) is 0 Å². The predicted octanol–water partition coefficient (Wildman–Crippen LogP) is 2.43. The van der Waals surface area contributed by atoms with E-state index in [2.05, 4.69) is 9.97 Å². The predicted molar refractivity (Wildman–Crippen MR) is 114 cm³/mol. The van der Waals surface area contributed by atoms with Crippen molar-refractivity contribution in [2.75, 3.05) is 13.1 Å². The van der Waals surface area contributed by atoms with Gasteiger partial charge in [0.15, 0.2) is 0 Å². The third kappa shape index (κ3) is 4.52. The molecular weight excluding hydrogens is 404 g/mol. The van der Waals surface area contributed by atoms with Gasteiger partial charge in [0.1, 0.15) is 0 Å². The van der Waals surface area contributed by atoms with E-state index >= 15 is 0 Å². The normalized spacial score (nSPS) is 16.0. The number of carbonyl (C=O) groups is 1. The van der Waals surface area contributed by atoms with E-state index in [0.717, 1.165) is 5.69 Å². The SMILES string of the molecule is O=C(CCc1ccccn1)N1CCC(O)(Cn2cnc3cc(Cl)ccc3c2=O)CC1. The smallest absolute Gasteiger partial charge is 0.261 e. The highest BCUT2D eigenvalue weighted by Gasteiger charge is 2.34. The number of hydrogen-bond acceptors (Lipinski definition) is 5. The Balaban J connectivity index is 1.37. The molecule has 8 heteroatoms.